The zero-order chi connectivity index (χ0) is 14.4. The van der Waals surface area contributed by atoms with Crippen LogP contribution in [0.4, 0.5) is 11.5 Å². The second kappa shape index (κ2) is 6.75. The maximum absolute atomic E-state index is 5.85. The fourth-order valence-electron chi connectivity index (χ4n) is 1.80. The number of nitrogens with one attached hydrogen (secondary N) is 1. The van der Waals surface area contributed by atoms with Crippen molar-refractivity contribution in [2.45, 2.75) is 26.3 Å². The van der Waals surface area contributed by atoms with Gasteiger partial charge in [0, 0.05) is 12.4 Å². The maximum Gasteiger partial charge on any atom is 0.239 e. The van der Waals surface area contributed by atoms with Gasteiger partial charge in [0.2, 0.25) is 5.88 Å². The van der Waals surface area contributed by atoms with Crippen LogP contribution in [-0.4, -0.2) is 16.6 Å². The van der Waals surface area contributed by atoms with Gasteiger partial charge in [-0.05, 0) is 43.2 Å². The van der Waals surface area contributed by atoms with Crippen molar-refractivity contribution < 1.29 is 4.74 Å². The van der Waals surface area contributed by atoms with Gasteiger partial charge in [-0.25, -0.2) is 0 Å². The van der Waals surface area contributed by atoms with E-state index in [1.54, 1.807) is 18.5 Å². The number of rotatable bonds is 6. The van der Waals surface area contributed by atoms with Crippen LogP contribution in [0.2, 0.25) is 0 Å². The molecule has 0 radical (unpaired) electrons. The molecule has 0 fully saturated rings. The van der Waals surface area contributed by atoms with Crippen LogP contribution in [0.3, 0.4) is 0 Å². The van der Waals surface area contributed by atoms with Crippen molar-refractivity contribution in [2.75, 3.05) is 17.7 Å². The highest BCUT2D eigenvalue weighted by Gasteiger charge is 2.08. The molecule has 2 rings (SSSR count). The monoisotopic (exact) mass is 272 g/mol. The van der Waals surface area contributed by atoms with Crippen LogP contribution in [0.25, 0.3) is 0 Å². The highest BCUT2D eigenvalue weighted by molar-refractivity contribution is 5.54. The summed E-state index contributed by atoms with van der Waals surface area (Å²) in [6.45, 7) is 4.73. The number of aromatic nitrogens is 2. The summed E-state index contributed by atoms with van der Waals surface area (Å²) in [5.41, 5.74) is 7.55. The average Bonchev–Trinajstić information content (AvgIpc) is 2.48. The van der Waals surface area contributed by atoms with Crippen LogP contribution in [0, 0.1) is 0 Å². The van der Waals surface area contributed by atoms with Gasteiger partial charge in [-0.2, -0.15) is 4.98 Å². The molecule has 0 aliphatic heterocycles. The van der Waals surface area contributed by atoms with E-state index in [1.165, 1.54) is 0 Å². The van der Waals surface area contributed by atoms with E-state index < -0.39 is 0 Å². The lowest BCUT2D eigenvalue weighted by molar-refractivity contribution is 0.307. The minimum atomic E-state index is 0.133. The molecule has 3 N–H and O–H groups in total. The van der Waals surface area contributed by atoms with Crippen molar-refractivity contribution in [3.63, 3.8) is 0 Å². The molecule has 20 heavy (non-hydrogen) atoms. The highest BCUT2D eigenvalue weighted by atomic mass is 16.5. The SMILES string of the molecule is CCCOc1nc(NC(C)c2ccncc2)ccc1N. The third-order valence-corrected chi connectivity index (χ3v) is 2.90. The van der Waals surface area contributed by atoms with Gasteiger partial charge in [0.25, 0.3) is 0 Å². The van der Waals surface area contributed by atoms with Crippen molar-refractivity contribution in [3.8, 4) is 5.88 Å². The molecule has 2 aromatic heterocycles. The topological polar surface area (TPSA) is 73.1 Å². The summed E-state index contributed by atoms with van der Waals surface area (Å²) in [7, 11) is 0. The van der Waals surface area contributed by atoms with Gasteiger partial charge in [0.15, 0.2) is 0 Å². The lowest BCUT2D eigenvalue weighted by Crippen LogP contribution is -2.09. The van der Waals surface area contributed by atoms with E-state index in [2.05, 4.69) is 22.2 Å². The lowest BCUT2D eigenvalue weighted by Gasteiger charge is -2.16. The van der Waals surface area contributed by atoms with E-state index in [1.807, 2.05) is 25.1 Å². The van der Waals surface area contributed by atoms with Crippen LogP contribution < -0.4 is 15.8 Å². The minimum absolute atomic E-state index is 0.133. The first kappa shape index (κ1) is 14.1. The summed E-state index contributed by atoms with van der Waals surface area (Å²) in [4.78, 5) is 8.42. The van der Waals surface area contributed by atoms with Gasteiger partial charge in [-0.3, -0.25) is 4.98 Å². The Hall–Kier alpha value is -2.30. The molecule has 0 spiro atoms. The van der Waals surface area contributed by atoms with E-state index in [-0.39, 0.29) is 6.04 Å². The van der Waals surface area contributed by atoms with Gasteiger partial charge in [0.1, 0.15) is 5.82 Å². The van der Waals surface area contributed by atoms with Gasteiger partial charge in [-0.1, -0.05) is 6.92 Å². The summed E-state index contributed by atoms with van der Waals surface area (Å²) in [5.74, 6) is 1.23. The molecular formula is C15H20N4O. The van der Waals surface area contributed by atoms with Crippen molar-refractivity contribution in [2.24, 2.45) is 0 Å². The predicted molar refractivity (Wildman–Crippen MR) is 80.7 cm³/mol. The molecule has 1 unspecified atom stereocenters. The van der Waals surface area contributed by atoms with Crippen LogP contribution in [-0.2, 0) is 0 Å². The van der Waals surface area contributed by atoms with Gasteiger partial charge < -0.3 is 15.8 Å². The summed E-state index contributed by atoms with van der Waals surface area (Å²) in [5, 5.41) is 3.33. The average molecular weight is 272 g/mol. The highest BCUT2D eigenvalue weighted by Crippen LogP contribution is 2.23. The molecule has 5 nitrogen and oxygen atoms in total. The molecule has 0 saturated carbocycles. The molecule has 2 aromatic rings. The zero-order valence-electron chi connectivity index (χ0n) is 11.8. The molecule has 0 aliphatic carbocycles. The number of nitrogen functional groups attached to an aromatic ring is 1. The van der Waals surface area contributed by atoms with Gasteiger partial charge >= 0.3 is 0 Å². The number of anilines is 2. The first-order chi connectivity index (χ1) is 9.70. The molecule has 0 aliphatic rings. The third-order valence-electron chi connectivity index (χ3n) is 2.90. The molecule has 0 amide bonds. The molecular weight excluding hydrogens is 252 g/mol. The van der Waals surface area contributed by atoms with E-state index in [4.69, 9.17) is 10.5 Å². The van der Waals surface area contributed by atoms with Gasteiger partial charge in [0.05, 0.1) is 18.3 Å². The van der Waals surface area contributed by atoms with Crippen LogP contribution in [0.1, 0.15) is 31.9 Å². The Morgan fingerprint density at radius 2 is 2.00 bits per heavy atom. The largest absolute Gasteiger partial charge is 0.476 e. The zero-order valence-corrected chi connectivity index (χ0v) is 11.8. The Morgan fingerprint density at radius 1 is 1.25 bits per heavy atom. The van der Waals surface area contributed by atoms with Crippen LogP contribution in [0.5, 0.6) is 5.88 Å². The van der Waals surface area contributed by atoms with E-state index in [0.29, 0.717) is 18.2 Å². The molecule has 0 saturated heterocycles. The smallest absolute Gasteiger partial charge is 0.239 e. The number of pyridine rings is 2. The van der Waals surface area contributed by atoms with Crippen molar-refractivity contribution in [1.29, 1.82) is 0 Å². The molecule has 0 aromatic carbocycles. The Kier molecular flexibility index (Phi) is 4.76. The predicted octanol–water partition coefficient (Wildman–Crippen LogP) is 3.02. The third kappa shape index (κ3) is 3.60. The molecule has 2 heterocycles. The number of hydrogen-bond acceptors (Lipinski definition) is 5. The van der Waals surface area contributed by atoms with Crippen molar-refractivity contribution in [1.82, 2.24) is 9.97 Å². The number of hydrogen-bond donors (Lipinski definition) is 2. The normalized spacial score (nSPS) is 11.9. The fourth-order valence-corrected chi connectivity index (χ4v) is 1.80. The Bertz CT molecular complexity index is 545. The molecule has 5 heteroatoms. The Morgan fingerprint density at radius 3 is 2.70 bits per heavy atom. The Balaban J connectivity index is 2.09. The summed E-state index contributed by atoms with van der Waals surface area (Å²) >= 11 is 0. The first-order valence-electron chi connectivity index (χ1n) is 6.76. The number of nitrogens with zero attached hydrogens (tertiary/aromatic N) is 2. The maximum atomic E-state index is 5.85. The van der Waals surface area contributed by atoms with Crippen LogP contribution in [0.15, 0.2) is 36.7 Å². The fraction of sp³-hybridized carbons (Fsp3) is 0.333. The van der Waals surface area contributed by atoms with Gasteiger partial charge in [-0.15, -0.1) is 0 Å². The van der Waals surface area contributed by atoms with Crippen LogP contribution >= 0.6 is 0 Å². The number of ether oxygens (including phenoxy) is 1. The van der Waals surface area contributed by atoms with E-state index in [9.17, 15) is 0 Å². The quantitative estimate of drug-likeness (QED) is 0.845. The summed E-state index contributed by atoms with van der Waals surface area (Å²) < 4.78 is 5.53. The van der Waals surface area contributed by atoms with E-state index >= 15 is 0 Å². The summed E-state index contributed by atoms with van der Waals surface area (Å²) in [6, 6.07) is 7.74. The molecule has 106 valence electrons. The standard InChI is InChI=1S/C15H20N4O/c1-3-10-20-15-13(16)4-5-14(19-15)18-11(2)12-6-8-17-9-7-12/h4-9,11H,3,10,16H2,1-2H3,(H,18,19). The van der Waals surface area contributed by atoms with E-state index in [0.717, 1.165) is 17.8 Å². The van der Waals surface area contributed by atoms with Crippen molar-refractivity contribution in [3.05, 3.63) is 42.2 Å². The second-order valence-electron chi connectivity index (χ2n) is 4.59. The lowest BCUT2D eigenvalue weighted by atomic mass is 10.1. The molecule has 1 atom stereocenters. The Labute approximate surface area is 119 Å². The first-order valence-corrected chi connectivity index (χ1v) is 6.76. The molecule has 0 bridgehead atoms. The van der Waals surface area contributed by atoms with Crippen molar-refractivity contribution >= 4 is 11.5 Å². The number of nitrogens with two attached hydrogens (primary N) is 1. The second-order valence-corrected chi connectivity index (χ2v) is 4.59. The minimum Gasteiger partial charge on any atom is -0.476 e. The summed E-state index contributed by atoms with van der Waals surface area (Å²) in [6.07, 6.45) is 4.48.